The number of amides is 2. The van der Waals surface area contributed by atoms with Crippen molar-refractivity contribution in [1.29, 1.82) is 0 Å². The molecule has 5 heteroatoms. The molecule has 3 aromatic carbocycles. The van der Waals surface area contributed by atoms with Crippen molar-refractivity contribution >= 4 is 6.03 Å². The zero-order chi connectivity index (χ0) is 21.2. The van der Waals surface area contributed by atoms with Crippen molar-refractivity contribution in [3.05, 3.63) is 95.6 Å². The predicted molar refractivity (Wildman–Crippen MR) is 119 cm³/mol. The lowest BCUT2D eigenvalue weighted by atomic mass is 10.1. The molecular formula is C25H28N2O3. The minimum absolute atomic E-state index is 0.0856. The van der Waals surface area contributed by atoms with Crippen LogP contribution in [-0.4, -0.2) is 31.7 Å². The second-order valence-corrected chi connectivity index (χ2v) is 7.02. The van der Waals surface area contributed by atoms with Crippen LogP contribution in [-0.2, 0) is 19.5 Å². The van der Waals surface area contributed by atoms with Gasteiger partial charge in [-0.2, -0.15) is 0 Å². The largest absolute Gasteiger partial charge is 0.497 e. The van der Waals surface area contributed by atoms with Crippen LogP contribution in [0.3, 0.4) is 0 Å². The maximum absolute atomic E-state index is 13.0. The molecule has 5 nitrogen and oxygen atoms in total. The fourth-order valence-corrected chi connectivity index (χ4v) is 3.17. The minimum atomic E-state index is -0.0856. The lowest BCUT2D eigenvalue weighted by molar-refractivity contribution is 0.192. The van der Waals surface area contributed by atoms with Gasteiger partial charge in [-0.3, -0.25) is 0 Å². The number of methoxy groups -OCH3 is 2. The second kappa shape index (κ2) is 10.9. The van der Waals surface area contributed by atoms with Gasteiger partial charge in [-0.05, 0) is 47.4 Å². The first kappa shape index (κ1) is 21.2. The summed E-state index contributed by atoms with van der Waals surface area (Å²) in [7, 11) is 3.29. The maximum atomic E-state index is 13.0. The van der Waals surface area contributed by atoms with Crippen LogP contribution in [0.15, 0.2) is 78.9 Å². The van der Waals surface area contributed by atoms with E-state index < -0.39 is 0 Å². The molecule has 0 saturated heterocycles. The normalized spacial score (nSPS) is 10.3. The molecule has 0 saturated carbocycles. The summed E-state index contributed by atoms with van der Waals surface area (Å²) >= 11 is 0. The third-order valence-electron chi connectivity index (χ3n) is 4.88. The zero-order valence-corrected chi connectivity index (χ0v) is 17.5. The number of rotatable bonds is 9. The molecular weight excluding hydrogens is 376 g/mol. The summed E-state index contributed by atoms with van der Waals surface area (Å²) < 4.78 is 10.5. The van der Waals surface area contributed by atoms with E-state index in [1.165, 1.54) is 5.56 Å². The molecule has 0 unspecified atom stereocenters. The van der Waals surface area contributed by atoms with E-state index in [-0.39, 0.29) is 6.03 Å². The van der Waals surface area contributed by atoms with E-state index in [4.69, 9.17) is 9.47 Å². The Morgan fingerprint density at radius 1 is 0.733 bits per heavy atom. The predicted octanol–water partition coefficient (Wildman–Crippen LogP) is 4.66. The summed E-state index contributed by atoms with van der Waals surface area (Å²) in [4.78, 5) is 14.8. The number of carbonyl (C=O) groups excluding carboxylic acids is 1. The van der Waals surface area contributed by atoms with Crippen LogP contribution in [0, 0.1) is 0 Å². The molecule has 0 spiro atoms. The Bertz CT molecular complexity index is 860. The number of benzene rings is 3. The highest BCUT2D eigenvalue weighted by Gasteiger charge is 2.15. The van der Waals surface area contributed by atoms with Gasteiger partial charge in [0.05, 0.1) is 14.2 Å². The lowest BCUT2D eigenvalue weighted by Gasteiger charge is -2.24. The van der Waals surface area contributed by atoms with Crippen LogP contribution < -0.4 is 14.8 Å². The molecule has 2 amide bonds. The number of nitrogens with one attached hydrogen (secondary N) is 1. The van der Waals surface area contributed by atoms with E-state index in [2.05, 4.69) is 17.4 Å². The molecule has 0 fully saturated rings. The molecule has 0 atom stereocenters. The first-order valence-electron chi connectivity index (χ1n) is 10.0. The Hall–Kier alpha value is -3.47. The highest BCUT2D eigenvalue weighted by Crippen LogP contribution is 2.17. The Labute approximate surface area is 178 Å². The minimum Gasteiger partial charge on any atom is -0.497 e. The number of nitrogens with zero attached hydrogens (tertiary/aromatic N) is 1. The lowest BCUT2D eigenvalue weighted by Crippen LogP contribution is -2.40. The molecule has 0 aliphatic heterocycles. The summed E-state index contributed by atoms with van der Waals surface area (Å²) in [6.07, 6.45) is 0.797. The summed E-state index contributed by atoms with van der Waals surface area (Å²) in [5.41, 5.74) is 3.29. The van der Waals surface area contributed by atoms with Crippen molar-refractivity contribution in [2.24, 2.45) is 0 Å². The molecule has 156 valence electrons. The van der Waals surface area contributed by atoms with E-state index in [9.17, 15) is 4.79 Å². The number of carbonyl (C=O) groups is 1. The molecule has 0 heterocycles. The Morgan fingerprint density at radius 3 is 1.70 bits per heavy atom. The Kier molecular flexibility index (Phi) is 7.72. The summed E-state index contributed by atoms with van der Waals surface area (Å²) in [5.74, 6) is 1.60. The number of hydrogen-bond acceptors (Lipinski definition) is 3. The van der Waals surface area contributed by atoms with E-state index in [1.807, 2.05) is 71.6 Å². The van der Waals surface area contributed by atoms with Gasteiger partial charge in [0.25, 0.3) is 0 Å². The van der Waals surface area contributed by atoms with Crippen LogP contribution in [0.25, 0.3) is 0 Å². The van der Waals surface area contributed by atoms with Gasteiger partial charge in [0.1, 0.15) is 11.5 Å². The first-order valence-corrected chi connectivity index (χ1v) is 10.0. The van der Waals surface area contributed by atoms with Gasteiger partial charge >= 0.3 is 6.03 Å². The average Bonchev–Trinajstić information content (AvgIpc) is 2.80. The molecule has 30 heavy (non-hydrogen) atoms. The number of urea groups is 1. The van der Waals surface area contributed by atoms with Crippen LogP contribution in [0.4, 0.5) is 4.79 Å². The van der Waals surface area contributed by atoms with Crippen LogP contribution in [0.2, 0.25) is 0 Å². The van der Waals surface area contributed by atoms with Gasteiger partial charge in [0.15, 0.2) is 0 Å². The monoisotopic (exact) mass is 404 g/mol. The third kappa shape index (κ3) is 6.27. The standard InChI is InChI=1S/C25H28N2O3/c1-29-23-12-8-21(9-13-23)18-27(19-22-10-14-24(30-2)15-11-22)25(28)26-17-16-20-6-4-3-5-7-20/h3-15H,16-19H2,1-2H3,(H,26,28). The van der Waals surface area contributed by atoms with Crippen LogP contribution >= 0.6 is 0 Å². The first-order chi connectivity index (χ1) is 14.7. The van der Waals surface area contributed by atoms with Crippen molar-refractivity contribution in [2.75, 3.05) is 20.8 Å². The molecule has 3 rings (SSSR count). The molecule has 1 N–H and O–H groups in total. The fourth-order valence-electron chi connectivity index (χ4n) is 3.17. The van der Waals surface area contributed by atoms with E-state index in [0.717, 1.165) is 29.0 Å². The molecule has 0 radical (unpaired) electrons. The molecule has 0 aromatic heterocycles. The molecule has 0 bridgehead atoms. The summed E-state index contributed by atoms with van der Waals surface area (Å²) in [6.45, 7) is 1.60. The fraction of sp³-hybridized carbons (Fsp3) is 0.240. The molecule has 0 aliphatic rings. The van der Waals surface area contributed by atoms with Crippen molar-refractivity contribution in [3.8, 4) is 11.5 Å². The third-order valence-corrected chi connectivity index (χ3v) is 4.88. The zero-order valence-electron chi connectivity index (χ0n) is 17.5. The van der Waals surface area contributed by atoms with Gasteiger partial charge in [-0.25, -0.2) is 4.79 Å². The van der Waals surface area contributed by atoms with Crippen molar-refractivity contribution in [1.82, 2.24) is 10.2 Å². The van der Waals surface area contributed by atoms with Crippen molar-refractivity contribution < 1.29 is 14.3 Å². The topological polar surface area (TPSA) is 50.8 Å². The summed E-state index contributed by atoms with van der Waals surface area (Å²) in [5, 5.41) is 3.05. The van der Waals surface area contributed by atoms with Gasteiger partial charge in [0, 0.05) is 19.6 Å². The van der Waals surface area contributed by atoms with Gasteiger partial charge in [0.2, 0.25) is 0 Å². The average molecular weight is 405 g/mol. The van der Waals surface area contributed by atoms with Crippen LogP contribution in [0.1, 0.15) is 16.7 Å². The van der Waals surface area contributed by atoms with Gasteiger partial charge in [-0.1, -0.05) is 54.6 Å². The molecule has 3 aromatic rings. The smallest absolute Gasteiger partial charge is 0.318 e. The highest BCUT2D eigenvalue weighted by molar-refractivity contribution is 5.74. The van der Waals surface area contributed by atoms with E-state index in [0.29, 0.717) is 19.6 Å². The maximum Gasteiger partial charge on any atom is 0.318 e. The Morgan fingerprint density at radius 2 is 1.23 bits per heavy atom. The van der Waals surface area contributed by atoms with Crippen molar-refractivity contribution in [2.45, 2.75) is 19.5 Å². The molecule has 0 aliphatic carbocycles. The highest BCUT2D eigenvalue weighted by atomic mass is 16.5. The Balaban J connectivity index is 1.66. The summed E-state index contributed by atoms with van der Waals surface area (Å²) in [6, 6.07) is 25.6. The van der Waals surface area contributed by atoms with Crippen molar-refractivity contribution in [3.63, 3.8) is 0 Å². The number of hydrogen-bond donors (Lipinski definition) is 1. The van der Waals surface area contributed by atoms with Gasteiger partial charge in [-0.15, -0.1) is 0 Å². The van der Waals surface area contributed by atoms with E-state index in [1.54, 1.807) is 14.2 Å². The van der Waals surface area contributed by atoms with Gasteiger partial charge < -0.3 is 19.7 Å². The number of ether oxygens (including phenoxy) is 2. The SMILES string of the molecule is COc1ccc(CN(Cc2ccc(OC)cc2)C(=O)NCCc2ccccc2)cc1. The quantitative estimate of drug-likeness (QED) is 0.564. The second-order valence-electron chi connectivity index (χ2n) is 7.02. The van der Waals surface area contributed by atoms with Crippen LogP contribution in [0.5, 0.6) is 11.5 Å². The van der Waals surface area contributed by atoms with E-state index >= 15 is 0 Å².